The molecule has 0 spiro atoms. The summed E-state index contributed by atoms with van der Waals surface area (Å²) in [7, 11) is 3.31. The minimum absolute atomic E-state index is 0.126. The van der Waals surface area contributed by atoms with Gasteiger partial charge in [0.25, 0.3) is 0 Å². The SMILES string of the molecule is COCCCC(N)C(=O)N(C)Cc1ccccc1O. The second-order valence-corrected chi connectivity index (χ2v) is 4.56. The van der Waals surface area contributed by atoms with Gasteiger partial charge in [0, 0.05) is 32.9 Å². The maximum Gasteiger partial charge on any atom is 0.239 e. The number of hydrogen-bond acceptors (Lipinski definition) is 4. The predicted molar refractivity (Wildman–Crippen MR) is 73.7 cm³/mol. The van der Waals surface area contributed by atoms with E-state index in [0.29, 0.717) is 25.1 Å². The number of carbonyl (C=O) groups is 1. The van der Waals surface area contributed by atoms with Gasteiger partial charge >= 0.3 is 0 Å². The molecule has 1 aromatic carbocycles. The van der Waals surface area contributed by atoms with Crippen LogP contribution >= 0.6 is 0 Å². The van der Waals surface area contributed by atoms with Gasteiger partial charge in [-0.3, -0.25) is 4.79 Å². The first-order valence-corrected chi connectivity index (χ1v) is 6.32. The van der Waals surface area contributed by atoms with Crippen molar-refractivity contribution in [2.45, 2.75) is 25.4 Å². The van der Waals surface area contributed by atoms with Crippen molar-refractivity contribution in [1.29, 1.82) is 0 Å². The van der Waals surface area contributed by atoms with Gasteiger partial charge in [0.1, 0.15) is 5.75 Å². The molecule has 0 saturated heterocycles. The molecule has 5 heteroatoms. The summed E-state index contributed by atoms with van der Waals surface area (Å²) < 4.78 is 4.93. The molecule has 19 heavy (non-hydrogen) atoms. The van der Waals surface area contributed by atoms with Crippen LogP contribution in [0.2, 0.25) is 0 Å². The molecule has 1 unspecified atom stereocenters. The fraction of sp³-hybridized carbons (Fsp3) is 0.500. The van der Waals surface area contributed by atoms with E-state index in [0.717, 1.165) is 6.42 Å². The lowest BCUT2D eigenvalue weighted by molar-refractivity contribution is -0.132. The Bertz CT molecular complexity index is 409. The van der Waals surface area contributed by atoms with Crippen molar-refractivity contribution in [3.05, 3.63) is 29.8 Å². The molecule has 106 valence electrons. The van der Waals surface area contributed by atoms with Crippen LogP contribution in [-0.4, -0.2) is 42.7 Å². The number of phenolic OH excluding ortho intramolecular Hbond substituents is 1. The van der Waals surface area contributed by atoms with E-state index >= 15 is 0 Å². The van der Waals surface area contributed by atoms with E-state index in [4.69, 9.17) is 10.5 Å². The number of benzene rings is 1. The first kappa shape index (κ1) is 15.5. The van der Waals surface area contributed by atoms with Gasteiger partial charge in [-0.15, -0.1) is 0 Å². The van der Waals surface area contributed by atoms with E-state index < -0.39 is 6.04 Å². The number of rotatable bonds is 7. The Hall–Kier alpha value is -1.59. The lowest BCUT2D eigenvalue weighted by Gasteiger charge is -2.21. The Labute approximate surface area is 114 Å². The first-order valence-electron chi connectivity index (χ1n) is 6.32. The number of nitrogens with zero attached hydrogens (tertiary/aromatic N) is 1. The maximum absolute atomic E-state index is 12.0. The zero-order chi connectivity index (χ0) is 14.3. The highest BCUT2D eigenvalue weighted by molar-refractivity contribution is 5.81. The van der Waals surface area contributed by atoms with Gasteiger partial charge in [-0.25, -0.2) is 0 Å². The first-order chi connectivity index (χ1) is 9.06. The van der Waals surface area contributed by atoms with E-state index in [9.17, 15) is 9.90 Å². The molecule has 3 N–H and O–H groups in total. The van der Waals surface area contributed by atoms with Crippen LogP contribution in [0.3, 0.4) is 0 Å². The average molecular weight is 266 g/mol. The second-order valence-electron chi connectivity index (χ2n) is 4.56. The Morgan fingerprint density at radius 1 is 1.47 bits per heavy atom. The van der Waals surface area contributed by atoms with Crippen LogP contribution in [-0.2, 0) is 16.1 Å². The molecule has 1 aromatic rings. The predicted octanol–water partition coefficient (Wildman–Crippen LogP) is 1.10. The number of methoxy groups -OCH3 is 1. The molecular formula is C14H22N2O3. The average Bonchev–Trinajstić information content (AvgIpc) is 2.40. The molecule has 1 rings (SSSR count). The van der Waals surface area contributed by atoms with Crippen molar-refractivity contribution >= 4 is 5.91 Å². The molecule has 1 amide bonds. The van der Waals surface area contributed by atoms with Crippen molar-refractivity contribution in [1.82, 2.24) is 4.90 Å². The smallest absolute Gasteiger partial charge is 0.239 e. The number of carbonyl (C=O) groups excluding carboxylic acids is 1. The van der Waals surface area contributed by atoms with Crippen LogP contribution < -0.4 is 5.73 Å². The number of nitrogens with two attached hydrogens (primary N) is 1. The molecule has 0 aliphatic heterocycles. The topological polar surface area (TPSA) is 75.8 Å². The van der Waals surface area contributed by atoms with Crippen LogP contribution in [0.15, 0.2) is 24.3 Å². The molecule has 5 nitrogen and oxygen atoms in total. The zero-order valence-corrected chi connectivity index (χ0v) is 11.5. The number of aromatic hydroxyl groups is 1. The van der Waals surface area contributed by atoms with Gasteiger partial charge < -0.3 is 20.5 Å². The van der Waals surface area contributed by atoms with Gasteiger partial charge in [0.2, 0.25) is 5.91 Å². The number of amides is 1. The largest absolute Gasteiger partial charge is 0.508 e. The third-order valence-corrected chi connectivity index (χ3v) is 2.96. The summed E-state index contributed by atoms with van der Waals surface area (Å²) in [4.78, 5) is 13.6. The standard InChI is InChI=1S/C14H22N2O3/c1-16(10-11-6-3-4-8-13(11)17)14(18)12(15)7-5-9-19-2/h3-4,6,8,12,17H,5,7,9-10,15H2,1-2H3. The molecular weight excluding hydrogens is 244 g/mol. The van der Waals surface area contributed by atoms with Gasteiger partial charge in [-0.2, -0.15) is 0 Å². The number of ether oxygens (including phenoxy) is 1. The lowest BCUT2D eigenvalue weighted by Crippen LogP contribution is -2.41. The lowest BCUT2D eigenvalue weighted by atomic mass is 10.1. The summed E-state index contributed by atoms with van der Waals surface area (Å²) in [5.41, 5.74) is 6.55. The van der Waals surface area contributed by atoms with Gasteiger partial charge in [-0.05, 0) is 18.9 Å². The van der Waals surface area contributed by atoms with Crippen molar-refractivity contribution in [2.24, 2.45) is 5.73 Å². The van der Waals surface area contributed by atoms with Crippen LogP contribution in [0.1, 0.15) is 18.4 Å². The Balaban J connectivity index is 2.50. The third kappa shape index (κ3) is 4.89. The van der Waals surface area contributed by atoms with E-state index in [2.05, 4.69) is 0 Å². The van der Waals surface area contributed by atoms with Crippen LogP contribution in [0, 0.1) is 0 Å². The third-order valence-electron chi connectivity index (χ3n) is 2.96. The van der Waals surface area contributed by atoms with Crippen molar-refractivity contribution < 1.29 is 14.6 Å². The second kappa shape index (κ2) is 7.76. The molecule has 0 aliphatic carbocycles. The molecule has 1 atom stereocenters. The molecule has 0 aromatic heterocycles. The minimum Gasteiger partial charge on any atom is -0.508 e. The van der Waals surface area contributed by atoms with E-state index in [-0.39, 0.29) is 11.7 Å². The highest BCUT2D eigenvalue weighted by atomic mass is 16.5. The van der Waals surface area contributed by atoms with Crippen molar-refractivity contribution in [3.63, 3.8) is 0 Å². The van der Waals surface area contributed by atoms with Crippen LogP contribution in [0.5, 0.6) is 5.75 Å². The van der Waals surface area contributed by atoms with Crippen LogP contribution in [0.25, 0.3) is 0 Å². The number of likely N-dealkylation sites (N-methyl/N-ethyl adjacent to an activating group) is 1. The monoisotopic (exact) mass is 266 g/mol. The fourth-order valence-electron chi connectivity index (χ4n) is 1.83. The summed E-state index contributed by atoms with van der Waals surface area (Å²) in [5, 5.41) is 9.67. The molecule has 0 bridgehead atoms. The Kier molecular flexibility index (Phi) is 6.32. The zero-order valence-electron chi connectivity index (χ0n) is 11.5. The normalized spacial score (nSPS) is 12.2. The summed E-state index contributed by atoms with van der Waals surface area (Å²) in [6.45, 7) is 0.952. The Morgan fingerprint density at radius 2 is 2.16 bits per heavy atom. The summed E-state index contributed by atoms with van der Waals surface area (Å²) >= 11 is 0. The maximum atomic E-state index is 12.0. The Morgan fingerprint density at radius 3 is 2.79 bits per heavy atom. The highest BCUT2D eigenvalue weighted by Gasteiger charge is 2.18. The summed E-state index contributed by atoms with van der Waals surface area (Å²) in [6, 6.07) is 6.44. The summed E-state index contributed by atoms with van der Waals surface area (Å²) in [5.74, 6) is 0.0643. The van der Waals surface area contributed by atoms with E-state index in [1.807, 2.05) is 6.07 Å². The number of phenols is 1. The molecule has 0 radical (unpaired) electrons. The number of hydrogen-bond donors (Lipinski definition) is 2. The highest BCUT2D eigenvalue weighted by Crippen LogP contribution is 2.17. The molecule has 0 aliphatic rings. The van der Waals surface area contributed by atoms with Gasteiger partial charge in [0.05, 0.1) is 6.04 Å². The minimum atomic E-state index is -0.522. The fourth-order valence-corrected chi connectivity index (χ4v) is 1.83. The van der Waals surface area contributed by atoms with E-state index in [1.54, 1.807) is 32.4 Å². The van der Waals surface area contributed by atoms with Crippen LogP contribution in [0.4, 0.5) is 0 Å². The molecule has 0 fully saturated rings. The summed E-state index contributed by atoms with van der Waals surface area (Å²) in [6.07, 6.45) is 1.35. The quantitative estimate of drug-likeness (QED) is 0.725. The van der Waals surface area contributed by atoms with E-state index in [1.165, 1.54) is 4.90 Å². The van der Waals surface area contributed by atoms with Gasteiger partial charge in [0.15, 0.2) is 0 Å². The van der Waals surface area contributed by atoms with Crippen molar-refractivity contribution in [2.75, 3.05) is 20.8 Å². The molecule has 0 saturated carbocycles. The number of para-hydroxylation sites is 1. The van der Waals surface area contributed by atoms with Gasteiger partial charge in [-0.1, -0.05) is 18.2 Å². The molecule has 0 heterocycles. The van der Waals surface area contributed by atoms with Crippen molar-refractivity contribution in [3.8, 4) is 5.75 Å².